The molecule has 0 aromatic carbocycles. The van der Waals surface area contributed by atoms with E-state index in [-0.39, 0.29) is 12.6 Å². The number of hydrogen-bond donors (Lipinski definition) is 1. The minimum absolute atomic E-state index is 0.253. The summed E-state index contributed by atoms with van der Waals surface area (Å²) >= 11 is 3.45. The number of halogens is 1. The van der Waals surface area contributed by atoms with Crippen molar-refractivity contribution in [2.75, 3.05) is 25.5 Å². The zero-order chi connectivity index (χ0) is 10.3. The van der Waals surface area contributed by atoms with Crippen LogP contribution in [0.2, 0.25) is 0 Å². The first-order valence-electron chi connectivity index (χ1n) is 4.98. The molecule has 0 saturated carbocycles. The lowest BCUT2D eigenvalue weighted by Gasteiger charge is -2.24. The van der Waals surface area contributed by atoms with Gasteiger partial charge in [-0.2, -0.15) is 0 Å². The Balaban J connectivity index is 3.50. The Hall–Kier alpha value is 0.400. The molecule has 0 aromatic rings. The van der Waals surface area contributed by atoms with Crippen LogP contribution in [0.3, 0.4) is 0 Å². The molecule has 0 spiro atoms. The van der Waals surface area contributed by atoms with E-state index in [1.807, 2.05) is 0 Å². The summed E-state index contributed by atoms with van der Waals surface area (Å²) in [5, 5.41) is 10.0. The van der Waals surface area contributed by atoms with Gasteiger partial charge in [-0.15, -0.1) is 0 Å². The fourth-order valence-corrected chi connectivity index (χ4v) is 1.90. The molecule has 13 heavy (non-hydrogen) atoms. The molecular formula is C10H22BrNO. The van der Waals surface area contributed by atoms with E-state index >= 15 is 0 Å². The molecule has 0 rings (SSSR count). The number of nitrogens with zero attached hydrogens (tertiary/aromatic N) is 1. The molecule has 80 valence electrons. The fourth-order valence-electron chi connectivity index (χ4n) is 1.11. The maximum Gasteiger partial charge on any atom is 0.0584 e. The average Bonchev–Trinajstić information content (AvgIpc) is 2.13. The van der Waals surface area contributed by atoms with Gasteiger partial charge in [0.2, 0.25) is 0 Å². The first-order valence-corrected chi connectivity index (χ1v) is 6.11. The highest BCUT2D eigenvalue weighted by Gasteiger charge is 2.08. The van der Waals surface area contributed by atoms with Crippen molar-refractivity contribution < 1.29 is 5.11 Å². The summed E-state index contributed by atoms with van der Waals surface area (Å²) in [5.74, 6) is 0.771. The average molecular weight is 252 g/mol. The van der Waals surface area contributed by atoms with E-state index in [0.29, 0.717) is 0 Å². The van der Waals surface area contributed by atoms with Crippen molar-refractivity contribution in [1.82, 2.24) is 4.90 Å². The standard InChI is InChI=1S/C10H22BrNO/c1-9(4-6-11)5-7-12(3)10(2)8-13/h9-10,13H,4-8H2,1-3H3. The van der Waals surface area contributed by atoms with Gasteiger partial charge < -0.3 is 10.0 Å². The van der Waals surface area contributed by atoms with Crippen molar-refractivity contribution in [2.45, 2.75) is 32.7 Å². The van der Waals surface area contributed by atoms with E-state index in [1.165, 1.54) is 12.8 Å². The lowest BCUT2D eigenvalue weighted by Crippen LogP contribution is -2.33. The maximum absolute atomic E-state index is 8.92. The van der Waals surface area contributed by atoms with Crippen LogP contribution in [0.4, 0.5) is 0 Å². The Morgan fingerprint density at radius 1 is 1.31 bits per heavy atom. The smallest absolute Gasteiger partial charge is 0.0584 e. The predicted molar refractivity (Wildman–Crippen MR) is 61.4 cm³/mol. The van der Waals surface area contributed by atoms with Gasteiger partial charge >= 0.3 is 0 Å². The summed E-state index contributed by atoms with van der Waals surface area (Å²) in [6.45, 7) is 5.66. The normalized spacial score (nSPS) is 16.2. The molecule has 2 atom stereocenters. The SMILES string of the molecule is CC(CCBr)CCN(C)C(C)CO. The van der Waals surface area contributed by atoms with Crippen LogP contribution in [0.25, 0.3) is 0 Å². The van der Waals surface area contributed by atoms with Crippen molar-refractivity contribution in [3.63, 3.8) is 0 Å². The molecule has 0 heterocycles. The maximum atomic E-state index is 8.92. The lowest BCUT2D eigenvalue weighted by molar-refractivity contribution is 0.153. The molecule has 0 aromatic heterocycles. The number of rotatable bonds is 7. The van der Waals surface area contributed by atoms with E-state index in [0.717, 1.165) is 17.8 Å². The summed E-state index contributed by atoms with van der Waals surface area (Å²) in [5.41, 5.74) is 0. The van der Waals surface area contributed by atoms with Crippen LogP contribution >= 0.6 is 15.9 Å². The lowest BCUT2D eigenvalue weighted by atomic mass is 10.0. The van der Waals surface area contributed by atoms with Gasteiger partial charge in [0.15, 0.2) is 0 Å². The minimum atomic E-state index is 0.253. The van der Waals surface area contributed by atoms with Crippen LogP contribution in [-0.2, 0) is 0 Å². The van der Waals surface area contributed by atoms with Crippen LogP contribution in [0, 0.1) is 5.92 Å². The van der Waals surface area contributed by atoms with Crippen LogP contribution in [0.15, 0.2) is 0 Å². The van der Waals surface area contributed by atoms with Crippen molar-refractivity contribution in [3.8, 4) is 0 Å². The highest BCUT2D eigenvalue weighted by atomic mass is 79.9. The van der Waals surface area contributed by atoms with Gasteiger partial charge in [0.25, 0.3) is 0 Å². The first-order chi connectivity index (χ1) is 6.11. The molecule has 3 heteroatoms. The van der Waals surface area contributed by atoms with E-state index in [4.69, 9.17) is 5.11 Å². The van der Waals surface area contributed by atoms with Crippen molar-refractivity contribution in [2.24, 2.45) is 5.92 Å². The molecule has 2 unspecified atom stereocenters. The Kier molecular flexibility index (Phi) is 8.01. The molecule has 0 radical (unpaired) electrons. The molecule has 0 aliphatic carbocycles. The third-order valence-corrected chi connectivity index (χ3v) is 3.05. The Morgan fingerprint density at radius 3 is 2.38 bits per heavy atom. The summed E-state index contributed by atoms with van der Waals surface area (Å²) in [4.78, 5) is 2.21. The second-order valence-corrected chi connectivity index (χ2v) is 4.68. The molecular weight excluding hydrogens is 230 g/mol. The van der Waals surface area contributed by atoms with Crippen LogP contribution in [0.5, 0.6) is 0 Å². The second kappa shape index (κ2) is 7.77. The Morgan fingerprint density at radius 2 is 1.92 bits per heavy atom. The summed E-state index contributed by atoms with van der Waals surface area (Å²) in [6, 6.07) is 0.288. The molecule has 1 N–H and O–H groups in total. The van der Waals surface area contributed by atoms with Gasteiger partial charge in [-0.25, -0.2) is 0 Å². The van der Waals surface area contributed by atoms with Crippen LogP contribution in [0.1, 0.15) is 26.7 Å². The third-order valence-electron chi connectivity index (χ3n) is 2.59. The fraction of sp³-hybridized carbons (Fsp3) is 1.00. The Labute approximate surface area is 90.4 Å². The van der Waals surface area contributed by atoms with Gasteiger partial charge in [0, 0.05) is 11.4 Å². The second-order valence-electron chi connectivity index (χ2n) is 3.88. The minimum Gasteiger partial charge on any atom is -0.395 e. The molecule has 2 nitrogen and oxygen atoms in total. The summed E-state index contributed by atoms with van der Waals surface area (Å²) in [6.07, 6.45) is 2.45. The van der Waals surface area contributed by atoms with Gasteiger partial charge in [-0.05, 0) is 39.3 Å². The predicted octanol–water partition coefficient (Wildman–Crippen LogP) is 2.11. The molecule has 0 aliphatic rings. The molecule has 0 aliphatic heterocycles. The van der Waals surface area contributed by atoms with Crippen LogP contribution in [-0.4, -0.2) is 41.6 Å². The molecule has 0 saturated heterocycles. The topological polar surface area (TPSA) is 23.5 Å². The summed E-state index contributed by atoms with van der Waals surface area (Å²) < 4.78 is 0. The largest absolute Gasteiger partial charge is 0.395 e. The highest BCUT2D eigenvalue weighted by molar-refractivity contribution is 9.09. The highest BCUT2D eigenvalue weighted by Crippen LogP contribution is 2.10. The number of likely N-dealkylation sites (N-methyl/N-ethyl adjacent to an activating group) is 1. The summed E-state index contributed by atoms with van der Waals surface area (Å²) in [7, 11) is 2.07. The van der Waals surface area contributed by atoms with E-state index in [2.05, 4.69) is 41.7 Å². The quantitative estimate of drug-likeness (QED) is 0.701. The van der Waals surface area contributed by atoms with Gasteiger partial charge in [-0.3, -0.25) is 0 Å². The monoisotopic (exact) mass is 251 g/mol. The number of alkyl halides is 1. The van der Waals surface area contributed by atoms with E-state index in [9.17, 15) is 0 Å². The van der Waals surface area contributed by atoms with Crippen molar-refractivity contribution in [1.29, 1.82) is 0 Å². The molecule has 0 bridgehead atoms. The van der Waals surface area contributed by atoms with E-state index in [1.54, 1.807) is 0 Å². The van der Waals surface area contributed by atoms with Crippen LogP contribution < -0.4 is 0 Å². The number of aliphatic hydroxyl groups is 1. The zero-order valence-corrected chi connectivity index (χ0v) is 10.5. The van der Waals surface area contributed by atoms with Gasteiger partial charge in [0.1, 0.15) is 0 Å². The molecule has 0 fully saturated rings. The Bertz CT molecular complexity index is 121. The van der Waals surface area contributed by atoms with Gasteiger partial charge in [-0.1, -0.05) is 22.9 Å². The zero-order valence-electron chi connectivity index (χ0n) is 8.96. The van der Waals surface area contributed by atoms with Crippen molar-refractivity contribution >= 4 is 15.9 Å². The number of hydrogen-bond acceptors (Lipinski definition) is 2. The van der Waals surface area contributed by atoms with Crippen molar-refractivity contribution in [3.05, 3.63) is 0 Å². The van der Waals surface area contributed by atoms with E-state index < -0.39 is 0 Å². The first kappa shape index (κ1) is 13.4. The number of aliphatic hydroxyl groups excluding tert-OH is 1. The third kappa shape index (κ3) is 6.47. The molecule has 0 amide bonds. The van der Waals surface area contributed by atoms with Gasteiger partial charge in [0.05, 0.1) is 6.61 Å².